The number of rotatable bonds is 11. The summed E-state index contributed by atoms with van der Waals surface area (Å²) in [7, 11) is -2.22. The molecule has 1 fully saturated rings. The number of amides is 1. The first kappa shape index (κ1) is 31.2. The van der Waals surface area contributed by atoms with Crippen LogP contribution in [0.3, 0.4) is 0 Å². The standard InChI is InChI=1S/C29H46N4O5Si/c1-20(2)32-16-26(33-15-14-25(31-28(33)36)30-27(35)24-12-10-9-11-13-24)38-29(17-32,18-34)19-37-39(21(3)4,22(5)6)23(7)8/h9-15,20-23,26,34H,16-19H2,1-8H3,(H,30,31,35,36)/t26-,29+/m1/s1. The van der Waals surface area contributed by atoms with E-state index < -0.39 is 25.8 Å². The Morgan fingerprint density at radius 2 is 1.72 bits per heavy atom. The van der Waals surface area contributed by atoms with Crippen molar-refractivity contribution in [2.75, 3.05) is 31.6 Å². The summed E-state index contributed by atoms with van der Waals surface area (Å²) in [6.07, 6.45) is 0.909. The van der Waals surface area contributed by atoms with Crippen molar-refractivity contribution in [3.05, 3.63) is 58.6 Å². The average molecular weight is 559 g/mol. The van der Waals surface area contributed by atoms with Gasteiger partial charge in [-0.05, 0) is 48.7 Å². The highest BCUT2D eigenvalue weighted by Crippen LogP contribution is 2.43. The number of nitrogens with one attached hydrogen (secondary N) is 1. The number of carbonyl (C=O) groups excluding carboxylic acids is 1. The number of ether oxygens (including phenoxy) is 1. The number of anilines is 1. The van der Waals surface area contributed by atoms with E-state index in [1.54, 1.807) is 36.5 Å². The van der Waals surface area contributed by atoms with E-state index in [2.05, 4.69) is 70.6 Å². The molecule has 0 radical (unpaired) electrons. The van der Waals surface area contributed by atoms with Gasteiger partial charge in [0.15, 0.2) is 14.5 Å². The van der Waals surface area contributed by atoms with Gasteiger partial charge in [-0.25, -0.2) is 4.79 Å². The van der Waals surface area contributed by atoms with E-state index in [0.29, 0.717) is 35.3 Å². The SMILES string of the molecule is CC(C)N1C[C@H](n2ccc(NC(=O)c3ccccc3)nc2=O)O[C@@](CO)(CO[Si](C(C)C)(C(C)C)C(C)C)C1. The predicted octanol–water partition coefficient (Wildman–Crippen LogP) is 4.66. The minimum atomic E-state index is -2.22. The van der Waals surface area contributed by atoms with E-state index in [0.717, 1.165) is 0 Å². The van der Waals surface area contributed by atoms with Crippen LogP contribution in [0, 0.1) is 0 Å². The Bertz CT molecular complexity index is 1130. The zero-order valence-electron chi connectivity index (χ0n) is 24.7. The highest BCUT2D eigenvalue weighted by Gasteiger charge is 2.49. The molecule has 0 saturated carbocycles. The van der Waals surface area contributed by atoms with Crippen LogP contribution in [0.4, 0.5) is 5.82 Å². The van der Waals surface area contributed by atoms with Crippen LogP contribution < -0.4 is 11.0 Å². The van der Waals surface area contributed by atoms with Gasteiger partial charge in [0, 0.05) is 30.9 Å². The Morgan fingerprint density at radius 1 is 1.10 bits per heavy atom. The van der Waals surface area contributed by atoms with Gasteiger partial charge in [-0.15, -0.1) is 0 Å². The maximum Gasteiger partial charge on any atom is 0.351 e. The minimum absolute atomic E-state index is 0.165. The van der Waals surface area contributed by atoms with Gasteiger partial charge in [0.2, 0.25) is 0 Å². The molecular weight excluding hydrogens is 512 g/mol. The Labute approximate surface area is 233 Å². The zero-order valence-corrected chi connectivity index (χ0v) is 25.7. The van der Waals surface area contributed by atoms with Crippen molar-refractivity contribution in [3.8, 4) is 0 Å². The molecule has 216 valence electrons. The van der Waals surface area contributed by atoms with Crippen LogP contribution in [0.5, 0.6) is 0 Å². The van der Waals surface area contributed by atoms with Crippen molar-refractivity contribution in [1.82, 2.24) is 14.5 Å². The third kappa shape index (κ3) is 6.86. The van der Waals surface area contributed by atoms with Gasteiger partial charge in [0.1, 0.15) is 11.4 Å². The summed E-state index contributed by atoms with van der Waals surface area (Å²) >= 11 is 0. The van der Waals surface area contributed by atoms with Gasteiger partial charge < -0.3 is 19.6 Å². The number of hydrogen-bond donors (Lipinski definition) is 2. The summed E-state index contributed by atoms with van der Waals surface area (Å²) in [6, 6.07) is 10.5. The van der Waals surface area contributed by atoms with E-state index in [1.807, 2.05) is 6.07 Å². The van der Waals surface area contributed by atoms with Crippen LogP contribution >= 0.6 is 0 Å². The van der Waals surface area contributed by atoms with Crippen LogP contribution in [0.15, 0.2) is 47.4 Å². The van der Waals surface area contributed by atoms with Crippen LogP contribution in [0.1, 0.15) is 72.0 Å². The number of morpholine rings is 1. The molecule has 1 aliphatic rings. The minimum Gasteiger partial charge on any atom is -0.413 e. The van der Waals surface area contributed by atoms with Crippen LogP contribution in [0.2, 0.25) is 16.6 Å². The van der Waals surface area contributed by atoms with E-state index in [9.17, 15) is 14.7 Å². The van der Waals surface area contributed by atoms with Gasteiger partial charge in [0.05, 0.1) is 13.2 Å². The number of carbonyl (C=O) groups is 1. The van der Waals surface area contributed by atoms with Crippen LogP contribution in [-0.2, 0) is 9.16 Å². The lowest BCUT2D eigenvalue weighted by molar-refractivity contribution is -0.217. The fourth-order valence-corrected chi connectivity index (χ4v) is 11.5. The number of nitrogens with zero attached hydrogens (tertiary/aromatic N) is 3. The molecule has 0 aliphatic carbocycles. The van der Waals surface area contributed by atoms with Crippen molar-refractivity contribution in [2.24, 2.45) is 0 Å². The van der Waals surface area contributed by atoms with Crippen LogP contribution in [0.25, 0.3) is 0 Å². The van der Waals surface area contributed by atoms with E-state index >= 15 is 0 Å². The highest BCUT2D eigenvalue weighted by molar-refractivity contribution is 6.77. The second-order valence-electron chi connectivity index (χ2n) is 11.9. The molecule has 2 aromatic rings. The fraction of sp³-hybridized carbons (Fsp3) is 0.621. The molecular formula is C29H46N4O5Si. The first-order chi connectivity index (χ1) is 18.3. The van der Waals surface area contributed by atoms with E-state index in [-0.39, 0.29) is 31.0 Å². The van der Waals surface area contributed by atoms with Crippen molar-refractivity contribution in [3.63, 3.8) is 0 Å². The second-order valence-corrected chi connectivity index (χ2v) is 17.3. The summed E-state index contributed by atoms with van der Waals surface area (Å²) in [5, 5.41) is 13.4. The molecule has 1 aliphatic heterocycles. The van der Waals surface area contributed by atoms with Crippen LogP contribution in [-0.4, -0.2) is 71.7 Å². The molecule has 0 unspecified atom stereocenters. The molecule has 1 amide bonds. The lowest BCUT2D eigenvalue weighted by Crippen LogP contribution is -2.62. The molecule has 2 heterocycles. The van der Waals surface area contributed by atoms with E-state index in [1.165, 1.54) is 4.57 Å². The van der Waals surface area contributed by atoms with Gasteiger partial charge in [-0.2, -0.15) is 4.98 Å². The summed E-state index contributed by atoms with van der Waals surface area (Å²) in [6.45, 7) is 18.5. The average Bonchev–Trinajstić information content (AvgIpc) is 2.88. The maximum absolute atomic E-state index is 13.1. The molecule has 9 nitrogen and oxygen atoms in total. The summed E-state index contributed by atoms with van der Waals surface area (Å²) in [4.78, 5) is 32.0. The Kier molecular flexibility index (Phi) is 10.3. The molecule has 39 heavy (non-hydrogen) atoms. The van der Waals surface area contributed by atoms with E-state index in [4.69, 9.17) is 9.16 Å². The lowest BCUT2D eigenvalue weighted by atomic mass is 10.0. The monoisotopic (exact) mass is 558 g/mol. The number of hydrogen-bond acceptors (Lipinski definition) is 7. The Balaban J connectivity index is 1.88. The molecule has 2 N–H and O–H groups in total. The molecule has 0 spiro atoms. The predicted molar refractivity (Wildman–Crippen MR) is 157 cm³/mol. The summed E-state index contributed by atoms with van der Waals surface area (Å²) in [5.74, 6) is -0.176. The Morgan fingerprint density at radius 3 is 2.23 bits per heavy atom. The third-order valence-corrected chi connectivity index (χ3v) is 14.1. The quantitative estimate of drug-likeness (QED) is 0.387. The Hall–Kier alpha value is -2.37. The fourth-order valence-electron chi connectivity index (χ4n) is 5.99. The molecule has 1 saturated heterocycles. The van der Waals surface area contributed by atoms with Crippen molar-refractivity contribution >= 4 is 20.0 Å². The van der Waals surface area contributed by atoms with Crippen molar-refractivity contribution in [2.45, 2.75) is 89.9 Å². The largest absolute Gasteiger partial charge is 0.413 e. The van der Waals surface area contributed by atoms with Gasteiger partial charge >= 0.3 is 5.69 Å². The van der Waals surface area contributed by atoms with Crippen molar-refractivity contribution < 1.29 is 19.1 Å². The van der Waals surface area contributed by atoms with Crippen molar-refractivity contribution in [1.29, 1.82) is 0 Å². The van der Waals surface area contributed by atoms with Gasteiger partial charge in [-0.3, -0.25) is 14.3 Å². The number of aliphatic hydroxyl groups is 1. The lowest BCUT2D eigenvalue weighted by Gasteiger charge is -2.50. The van der Waals surface area contributed by atoms with Gasteiger partial charge in [0.25, 0.3) is 5.91 Å². The number of benzene rings is 1. The van der Waals surface area contributed by atoms with Gasteiger partial charge in [-0.1, -0.05) is 59.7 Å². The summed E-state index contributed by atoms with van der Waals surface area (Å²) in [5.41, 5.74) is 0.101. The number of aliphatic hydroxyl groups excluding tert-OH is 1. The zero-order chi connectivity index (χ0) is 29.0. The normalized spacial score (nSPS) is 20.8. The molecule has 0 bridgehead atoms. The third-order valence-electron chi connectivity index (χ3n) is 8.00. The molecule has 1 aromatic heterocycles. The molecule has 3 rings (SSSR count). The summed E-state index contributed by atoms with van der Waals surface area (Å²) < 4.78 is 14.8. The first-order valence-electron chi connectivity index (χ1n) is 14.0. The second kappa shape index (κ2) is 12.9. The molecule has 2 atom stereocenters. The number of aromatic nitrogens is 2. The maximum atomic E-state index is 13.1. The molecule has 1 aromatic carbocycles. The molecule has 10 heteroatoms. The highest BCUT2D eigenvalue weighted by atomic mass is 28.4. The first-order valence-corrected chi connectivity index (χ1v) is 16.1. The smallest absolute Gasteiger partial charge is 0.351 e. The topological polar surface area (TPSA) is 106 Å².